The number of nitrogens with zero attached hydrogens (tertiary/aromatic N) is 1. The predicted octanol–water partition coefficient (Wildman–Crippen LogP) is 3.14. The highest BCUT2D eigenvalue weighted by Crippen LogP contribution is 2.36. The normalized spacial score (nSPS) is 18.1. The number of fused-ring (bicyclic) bond motifs is 1. The third-order valence-corrected chi connectivity index (χ3v) is 5.06. The summed E-state index contributed by atoms with van der Waals surface area (Å²) < 4.78 is 1.09. The Labute approximate surface area is 122 Å². The van der Waals surface area contributed by atoms with Crippen LogP contribution in [0, 0.1) is 5.41 Å². The van der Waals surface area contributed by atoms with E-state index in [0.29, 0.717) is 6.54 Å². The van der Waals surface area contributed by atoms with Crippen molar-refractivity contribution in [2.75, 3.05) is 11.9 Å². The molecule has 1 amide bonds. The molecule has 3 N–H and O–H groups in total. The van der Waals surface area contributed by atoms with Gasteiger partial charge in [0.25, 0.3) is 0 Å². The van der Waals surface area contributed by atoms with Crippen LogP contribution in [0.1, 0.15) is 32.1 Å². The summed E-state index contributed by atoms with van der Waals surface area (Å²) in [4.78, 5) is 16.8. The van der Waals surface area contributed by atoms with Crippen molar-refractivity contribution in [1.29, 1.82) is 0 Å². The first kappa shape index (κ1) is 13.5. The van der Waals surface area contributed by atoms with Crippen LogP contribution in [0.3, 0.4) is 0 Å². The number of carbonyl (C=O) groups excluding carboxylic acids is 1. The van der Waals surface area contributed by atoms with Gasteiger partial charge in [-0.25, -0.2) is 4.98 Å². The Hall–Kier alpha value is -1.46. The van der Waals surface area contributed by atoms with Gasteiger partial charge in [-0.3, -0.25) is 4.79 Å². The molecular weight excluding hydrogens is 270 g/mol. The number of nitrogens with one attached hydrogen (secondary N) is 1. The zero-order valence-corrected chi connectivity index (χ0v) is 12.2. The minimum absolute atomic E-state index is 0.0727. The van der Waals surface area contributed by atoms with E-state index in [1.54, 1.807) is 11.3 Å². The lowest BCUT2D eigenvalue weighted by atomic mass is 9.73. The first-order valence-corrected chi connectivity index (χ1v) is 7.96. The molecule has 1 aromatic heterocycles. The van der Waals surface area contributed by atoms with Gasteiger partial charge in [0.15, 0.2) is 0 Å². The van der Waals surface area contributed by atoms with Gasteiger partial charge in [0.05, 0.1) is 21.1 Å². The summed E-state index contributed by atoms with van der Waals surface area (Å²) in [5.41, 5.74) is 9.15. The van der Waals surface area contributed by atoms with Crippen LogP contribution in [0.4, 0.5) is 5.69 Å². The van der Waals surface area contributed by atoms with Crippen molar-refractivity contribution >= 4 is 33.1 Å². The second-order valence-corrected chi connectivity index (χ2v) is 6.42. The van der Waals surface area contributed by atoms with Gasteiger partial charge in [-0.1, -0.05) is 19.3 Å². The van der Waals surface area contributed by atoms with E-state index in [9.17, 15) is 4.79 Å². The molecule has 0 saturated heterocycles. The lowest BCUT2D eigenvalue weighted by Gasteiger charge is -2.34. The average molecular weight is 289 g/mol. The lowest BCUT2D eigenvalue weighted by molar-refractivity contribution is -0.126. The number of anilines is 1. The highest BCUT2D eigenvalue weighted by atomic mass is 32.1. The smallest absolute Gasteiger partial charge is 0.231 e. The van der Waals surface area contributed by atoms with Crippen LogP contribution in [-0.2, 0) is 4.79 Å². The first-order chi connectivity index (χ1) is 9.73. The minimum Gasteiger partial charge on any atom is -0.329 e. The molecule has 0 spiro atoms. The van der Waals surface area contributed by atoms with E-state index in [1.165, 1.54) is 6.42 Å². The number of thiazole rings is 1. The molecule has 1 saturated carbocycles. The van der Waals surface area contributed by atoms with Gasteiger partial charge in [0.1, 0.15) is 0 Å². The average Bonchev–Trinajstić information content (AvgIpc) is 2.95. The van der Waals surface area contributed by atoms with Crippen LogP contribution < -0.4 is 11.1 Å². The van der Waals surface area contributed by atoms with E-state index in [2.05, 4.69) is 10.3 Å². The fraction of sp³-hybridized carbons (Fsp3) is 0.467. The van der Waals surface area contributed by atoms with Crippen molar-refractivity contribution in [3.8, 4) is 0 Å². The molecule has 1 aromatic carbocycles. The lowest BCUT2D eigenvalue weighted by Crippen LogP contribution is -2.43. The molecule has 1 aliphatic carbocycles. The van der Waals surface area contributed by atoms with Crippen LogP contribution in [0.15, 0.2) is 23.7 Å². The molecule has 4 nitrogen and oxygen atoms in total. The predicted molar refractivity (Wildman–Crippen MR) is 82.8 cm³/mol. The molecular formula is C15H19N3OS. The Bertz CT molecular complexity index is 616. The Kier molecular flexibility index (Phi) is 3.72. The number of nitrogens with two attached hydrogens (primary N) is 1. The third-order valence-electron chi connectivity index (χ3n) is 4.27. The zero-order valence-electron chi connectivity index (χ0n) is 11.4. The number of hydrogen-bond donors (Lipinski definition) is 2. The van der Waals surface area contributed by atoms with Crippen LogP contribution in [0.25, 0.3) is 10.2 Å². The van der Waals surface area contributed by atoms with Gasteiger partial charge in [-0.15, -0.1) is 11.3 Å². The molecule has 5 heteroatoms. The molecule has 1 fully saturated rings. The van der Waals surface area contributed by atoms with Gasteiger partial charge >= 0.3 is 0 Å². The monoisotopic (exact) mass is 289 g/mol. The van der Waals surface area contributed by atoms with Gasteiger partial charge in [0.2, 0.25) is 5.91 Å². The number of rotatable bonds is 3. The van der Waals surface area contributed by atoms with Crippen LogP contribution in [-0.4, -0.2) is 17.4 Å². The van der Waals surface area contributed by atoms with Crippen molar-refractivity contribution in [2.45, 2.75) is 32.1 Å². The number of hydrogen-bond acceptors (Lipinski definition) is 4. The summed E-state index contributed by atoms with van der Waals surface area (Å²) in [6.07, 6.45) is 5.20. The Balaban J connectivity index is 1.80. The fourth-order valence-corrected chi connectivity index (χ4v) is 3.67. The van der Waals surface area contributed by atoms with Crippen molar-refractivity contribution in [2.24, 2.45) is 11.1 Å². The molecule has 0 radical (unpaired) electrons. The van der Waals surface area contributed by atoms with Crippen molar-refractivity contribution in [1.82, 2.24) is 4.98 Å². The molecule has 1 aliphatic rings. The summed E-state index contributed by atoms with van der Waals surface area (Å²) in [7, 11) is 0. The number of amides is 1. The van der Waals surface area contributed by atoms with Gasteiger partial charge in [-0.05, 0) is 31.0 Å². The van der Waals surface area contributed by atoms with E-state index >= 15 is 0 Å². The zero-order chi connectivity index (χ0) is 14.0. The Morgan fingerprint density at radius 1 is 1.35 bits per heavy atom. The van der Waals surface area contributed by atoms with Crippen molar-refractivity contribution in [3.05, 3.63) is 23.7 Å². The number of aromatic nitrogens is 1. The van der Waals surface area contributed by atoms with E-state index in [4.69, 9.17) is 5.73 Å². The maximum absolute atomic E-state index is 12.6. The molecule has 0 bridgehead atoms. The summed E-state index contributed by atoms with van der Waals surface area (Å²) in [5, 5.41) is 3.05. The van der Waals surface area contributed by atoms with Gasteiger partial charge < -0.3 is 11.1 Å². The fourth-order valence-electron chi connectivity index (χ4n) is 2.95. The molecule has 0 aliphatic heterocycles. The largest absolute Gasteiger partial charge is 0.329 e. The number of carbonyl (C=O) groups is 1. The molecule has 0 atom stereocenters. The van der Waals surface area contributed by atoms with Crippen LogP contribution >= 0.6 is 11.3 Å². The van der Waals surface area contributed by atoms with E-state index in [0.717, 1.165) is 41.6 Å². The summed E-state index contributed by atoms with van der Waals surface area (Å²) in [6.45, 7) is 0.432. The van der Waals surface area contributed by atoms with Crippen molar-refractivity contribution in [3.63, 3.8) is 0 Å². The summed E-state index contributed by atoms with van der Waals surface area (Å²) >= 11 is 1.58. The molecule has 106 valence electrons. The molecule has 2 aromatic rings. The Morgan fingerprint density at radius 3 is 2.90 bits per heavy atom. The standard InChI is InChI=1S/C15H19N3OS/c16-9-15(6-2-1-3-7-15)14(19)18-11-4-5-12-13(8-11)20-10-17-12/h4-5,8,10H,1-3,6-7,9,16H2,(H,18,19). The molecule has 20 heavy (non-hydrogen) atoms. The second-order valence-electron chi connectivity index (χ2n) is 5.53. The number of benzene rings is 1. The maximum Gasteiger partial charge on any atom is 0.231 e. The van der Waals surface area contributed by atoms with Crippen molar-refractivity contribution < 1.29 is 4.79 Å². The highest BCUT2D eigenvalue weighted by Gasteiger charge is 2.38. The summed E-state index contributed by atoms with van der Waals surface area (Å²) in [6, 6.07) is 5.84. The van der Waals surface area contributed by atoms with E-state index in [-0.39, 0.29) is 11.3 Å². The topological polar surface area (TPSA) is 68.0 Å². The quantitative estimate of drug-likeness (QED) is 0.912. The first-order valence-electron chi connectivity index (χ1n) is 7.08. The second kappa shape index (κ2) is 5.50. The van der Waals surface area contributed by atoms with E-state index in [1.807, 2.05) is 23.7 Å². The van der Waals surface area contributed by atoms with Gasteiger partial charge in [0, 0.05) is 12.2 Å². The van der Waals surface area contributed by atoms with Gasteiger partial charge in [-0.2, -0.15) is 0 Å². The Morgan fingerprint density at radius 2 is 2.15 bits per heavy atom. The SMILES string of the molecule is NCC1(C(=O)Nc2ccc3ncsc3c2)CCCCC1. The van der Waals surface area contributed by atoms with E-state index < -0.39 is 0 Å². The molecule has 1 heterocycles. The van der Waals surface area contributed by atoms with Crippen LogP contribution in [0.2, 0.25) is 0 Å². The van der Waals surface area contributed by atoms with Crippen LogP contribution in [0.5, 0.6) is 0 Å². The minimum atomic E-state index is -0.374. The maximum atomic E-state index is 12.6. The molecule has 3 rings (SSSR count). The summed E-state index contributed by atoms with van der Waals surface area (Å²) in [5.74, 6) is 0.0727. The molecule has 0 unspecified atom stereocenters. The third kappa shape index (κ3) is 2.43. The highest BCUT2D eigenvalue weighted by molar-refractivity contribution is 7.16.